The van der Waals surface area contributed by atoms with E-state index in [1.54, 1.807) is 6.20 Å². The van der Waals surface area contributed by atoms with Crippen molar-refractivity contribution in [2.45, 2.75) is 78.1 Å². The summed E-state index contributed by atoms with van der Waals surface area (Å²) in [5.74, 6) is -2.69. The zero-order chi connectivity index (χ0) is 27.1. The van der Waals surface area contributed by atoms with Gasteiger partial charge < -0.3 is 23.7 Å². The summed E-state index contributed by atoms with van der Waals surface area (Å²) in [6.07, 6.45) is -2.94. The molecule has 0 radical (unpaired) electrons. The molecule has 2 aromatic rings. The molecule has 0 N–H and O–H groups in total. The minimum absolute atomic E-state index is 0.320. The van der Waals surface area contributed by atoms with E-state index in [1.807, 2.05) is 24.3 Å². The monoisotopic (exact) mass is 517 g/mol. The fourth-order valence-corrected chi connectivity index (χ4v) is 4.04. The van der Waals surface area contributed by atoms with Gasteiger partial charge in [0.1, 0.15) is 12.7 Å². The summed E-state index contributed by atoms with van der Waals surface area (Å²) in [4.78, 5) is 47.3. The largest absolute Gasteiger partial charge is 0.463 e. The number of rotatable bonds is 9. The maximum Gasteiger partial charge on any atom is 0.303 e. The lowest BCUT2D eigenvalue weighted by atomic mass is 9.97. The Balaban J connectivity index is 1.96. The van der Waals surface area contributed by atoms with E-state index >= 15 is 0 Å². The van der Waals surface area contributed by atoms with Crippen molar-refractivity contribution in [2.24, 2.45) is 0 Å². The smallest absolute Gasteiger partial charge is 0.303 e. The van der Waals surface area contributed by atoms with Gasteiger partial charge in [0.05, 0.1) is 11.9 Å². The highest BCUT2D eigenvalue weighted by Gasteiger charge is 2.53. The molecule has 0 bridgehead atoms. The van der Waals surface area contributed by atoms with Crippen molar-refractivity contribution in [3.05, 3.63) is 47.3 Å². The Morgan fingerprint density at radius 1 is 0.838 bits per heavy atom. The topological polar surface area (TPSA) is 145 Å². The average Bonchev–Trinajstić information content (AvgIpc) is 3.28. The summed E-state index contributed by atoms with van der Waals surface area (Å²) in [6, 6.07) is 8.09. The number of benzene rings is 1. The van der Waals surface area contributed by atoms with E-state index in [4.69, 9.17) is 23.7 Å². The number of hydrogen-bond acceptors (Lipinski definition) is 11. The molecule has 200 valence electrons. The highest BCUT2D eigenvalue weighted by atomic mass is 16.7. The van der Waals surface area contributed by atoms with E-state index < -0.39 is 54.5 Å². The molecule has 5 atom stereocenters. The maximum absolute atomic E-state index is 12.0. The van der Waals surface area contributed by atoms with Crippen LogP contribution in [-0.4, -0.2) is 69.9 Å². The summed E-state index contributed by atoms with van der Waals surface area (Å²) in [5.41, 5.74) is 2.84. The molecule has 0 amide bonds. The summed E-state index contributed by atoms with van der Waals surface area (Å²) in [7, 11) is 0. The third-order valence-corrected chi connectivity index (χ3v) is 5.60. The van der Waals surface area contributed by atoms with Gasteiger partial charge in [0.2, 0.25) is 0 Å². The second kappa shape index (κ2) is 12.4. The Kier molecular flexibility index (Phi) is 9.34. The van der Waals surface area contributed by atoms with Gasteiger partial charge in [0.15, 0.2) is 24.5 Å². The van der Waals surface area contributed by atoms with Crippen molar-refractivity contribution in [1.82, 2.24) is 15.0 Å². The van der Waals surface area contributed by atoms with Gasteiger partial charge in [-0.15, -0.1) is 5.10 Å². The minimum Gasteiger partial charge on any atom is -0.463 e. The number of aromatic nitrogens is 3. The molecule has 1 unspecified atom stereocenters. The lowest BCUT2D eigenvalue weighted by molar-refractivity contribution is -0.270. The van der Waals surface area contributed by atoms with Crippen molar-refractivity contribution < 1.29 is 42.9 Å². The van der Waals surface area contributed by atoms with Crippen LogP contribution in [0.25, 0.3) is 0 Å². The predicted octanol–water partition coefficient (Wildman–Crippen LogP) is 1.69. The zero-order valence-corrected chi connectivity index (χ0v) is 21.4. The number of nitrogens with zero attached hydrogens (tertiary/aromatic N) is 3. The molecule has 1 aromatic heterocycles. The molecule has 12 heteroatoms. The van der Waals surface area contributed by atoms with Crippen LogP contribution in [0.3, 0.4) is 0 Å². The fraction of sp³-hybridized carbons (Fsp3) is 0.520. The first-order chi connectivity index (χ1) is 17.6. The zero-order valence-electron chi connectivity index (χ0n) is 21.4. The van der Waals surface area contributed by atoms with Crippen molar-refractivity contribution in [2.75, 3.05) is 6.61 Å². The van der Waals surface area contributed by atoms with Gasteiger partial charge in [-0.1, -0.05) is 36.4 Å². The van der Waals surface area contributed by atoms with Crippen molar-refractivity contribution >= 4 is 23.9 Å². The molecule has 37 heavy (non-hydrogen) atoms. The summed E-state index contributed by atoms with van der Waals surface area (Å²) in [5, 5.41) is 8.36. The number of carbonyl (C=O) groups excluding carboxylic acids is 4. The van der Waals surface area contributed by atoms with Crippen LogP contribution < -0.4 is 0 Å². The SMILES string of the molecule is CCc1ccc(Cc2cn(C3O[C@H](COC(C)=O)[C@@H](OC(C)=O)[C@H](OC(C)=O)[C@H]3OC(C)=O)nn2)cc1. The number of esters is 4. The van der Waals surface area contributed by atoms with Gasteiger partial charge >= 0.3 is 23.9 Å². The highest BCUT2D eigenvalue weighted by molar-refractivity contribution is 5.68. The van der Waals surface area contributed by atoms with E-state index in [0.717, 1.165) is 18.9 Å². The van der Waals surface area contributed by atoms with Crippen LogP contribution in [-0.2, 0) is 55.7 Å². The summed E-state index contributed by atoms with van der Waals surface area (Å²) >= 11 is 0. The van der Waals surface area contributed by atoms with Crippen LogP contribution in [0, 0.1) is 0 Å². The third-order valence-electron chi connectivity index (χ3n) is 5.60. The van der Waals surface area contributed by atoms with E-state index in [-0.39, 0.29) is 6.61 Å². The van der Waals surface area contributed by atoms with Gasteiger partial charge in [0.25, 0.3) is 0 Å². The standard InChI is InChI=1S/C25H31N3O9/c1-6-18-7-9-19(10-8-18)11-20-12-28(27-26-20)25-24(36-17(5)32)23(35-16(4)31)22(34-15(3)30)21(37-25)13-33-14(2)29/h7-10,12,21-25H,6,11,13H2,1-5H3/t21-,22-,23+,24-,25?/m1/s1. The van der Waals surface area contributed by atoms with E-state index in [0.29, 0.717) is 12.1 Å². The second-order valence-corrected chi connectivity index (χ2v) is 8.63. The second-order valence-electron chi connectivity index (χ2n) is 8.63. The molecule has 12 nitrogen and oxygen atoms in total. The molecule has 0 spiro atoms. The van der Waals surface area contributed by atoms with Crippen molar-refractivity contribution in [3.63, 3.8) is 0 Å². The lowest BCUT2D eigenvalue weighted by Crippen LogP contribution is -2.60. The molecular weight excluding hydrogens is 486 g/mol. The Bertz CT molecular complexity index is 1110. The minimum atomic E-state index is -1.28. The van der Waals surface area contributed by atoms with Crippen LogP contribution in [0.2, 0.25) is 0 Å². The molecular formula is C25H31N3O9. The summed E-state index contributed by atoms with van der Waals surface area (Å²) in [6.45, 7) is 6.48. The molecule has 1 aliphatic heterocycles. The Morgan fingerprint density at radius 2 is 1.41 bits per heavy atom. The number of carbonyl (C=O) groups is 4. The number of aryl methyl sites for hydroxylation is 1. The van der Waals surface area contributed by atoms with Crippen LogP contribution in [0.4, 0.5) is 0 Å². The molecule has 3 rings (SSSR count). The third kappa shape index (κ3) is 7.59. The fourth-order valence-electron chi connectivity index (χ4n) is 4.04. The maximum atomic E-state index is 12.0. The van der Waals surface area contributed by atoms with Gasteiger partial charge in [-0.2, -0.15) is 0 Å². The van der Waals surface area contributed by atoms with E-state index in [1.165, 1.54) is 31.0 Å². The van der Waals surface area contributed by atoms with Gasteiger partial charge in [-0.05, 0) is 17.5 Å². The van der Waals surface area contributed by atoms with Crippen LogP contribution in [0.1, 0.15) is 57.7 Å². The Hall–Kier alpha value is -3.80. The first-order valence-electron chi connectivity index (χ1n) is 11.9. The van der Waals surface area contributed by atoms with Crippen molar-refractivity contribution in [1.29, 1.82) is 0 Å². The summed E-state index contributed by atoms with van der Waals surface area (Å²) < 4.78 is 28.8. The van der Waals surface area contributed by atoms with Crippen molar-refractivity contribution in [3.8, 4) is 0 Å². The number of ether oxygens (including phenoxy) is 5. The lowest BCUT2D eigenvalue weighted by Gasteiger charge is -2.44. The molecule has 1 saturated heterocycles. The Morgan fingerprint density at radius 3 is 1.97 bits per heavy atom. The molecule has 1 aromatic carbocycles. The normalized spacial score (nSPS) is 23.1. The molecule has 1 aliphatic rings. The highest BCUT2D eigenvalue weighted by Crippen LogP contribution is 2.34. The van der Waals surface area contributed by atoms with Gasteiger partial charge in [-0.25, -0.2) is 4.68 Å². The molecule has 0 aliphatic carbocycles. The average molecular weight is 518 g/mol. The number of hydrogen-bond donors (Lipinski definition) is 0. The van der Waals surface area contributed by atoms with Crippen LogP contribution >= 0.6 is 0 Å². The van der Waals surface area contributed by atoms with Crippen LogP contribution in [0.5, 0.6) is 0 Å². The van der Waals surface area contributed by atoms with E-state index in [9.17, 15) is 19.2 Å². The van der Waals surface area contributed by atoms with Crippen LogP contribution in [0.15, 0.2) is 30.5 Å². The molecule has 0 saturated carbocycles. The molecule has 2 heterocycles. The van der Waals surface area contributed by atoms with E-state index in [2.05, 4.69) is 17.2 Å². The quantitative estimate of drug-likeness (QED) is 0.354. The predicted molar refractivity (Wildman–Crippen MR) is 126 cm³/mol. The first kappa shape index (κ1) is 27.8. The van der Waals surface area contributed by atoms with Gasteiger partial charge in [-0.3, -0.25) is 19.2 Å². The molecule has 1 fully saturated rings. The Labute approximate surface area is 214 Å². The first-order valence-corrected chi connectivity index (χ1v) is 11.9. The van der Waals surface area contributed by atoms with Gasteiger partial charge in [0, 0.05) is 34.1 Å².